The number of anilines is 1. The molecule has 4 nitrogen and oxygen atoms in total. The van der Waals surface area contributed by atoms with E-state index in [2.05, 4.69) is 80.5 Å². The summed E-state index contributed by atoms with van der Waals surface area (Å²) in [5.74, 6) is 1.90. The molecule has 0 unspecified atom stereocenters. The van der Waals surface area contributed by atoms with Crippen LogP contribution in [0.4, 0.5) is 5.82 Å². The van der Waals surface area contributed by atoms with Crippen molar-refractivity contribution in [3.05, 3.63) is 76.2 Å². The molecular formula is C28H36N4. The van der Waals surface area contributed by atoms with E-state index < -0.39 is 0 Å². The van der Waals surface area contributed by atoms with E-state index in [9.17, 15) is 0 Å². The lowest BCUT2D eigenvalue weighted by molar-refractivity contribution is 0.327. The molecule has 1 aliphatic carbocycles. The van der Waals surface area contributed by atoms with E-state index in [0.29, 0.717) is 0 Å². The van der Waals surface area contributed by atoms with E-state index in [-0.39, 0.29) is 0 Å². The van der Waals surface area contributed by atoms with Crippen LogP contribution in [0.25, 0.3) is 11.1 Å². The largest absolute Gasteiger partial charge is 0.369 e. The first kappa shape index (κ1) is 22.5. The lowest BCUT2D eigenvalue weighted by Crippen LogP contribution is -2.23. The van der Waals surface area contributed by atoms with Crippen LogP contribution in [0.1, 0.15) is 60.0 Å². The second kappa shape index (κ2) is 10.3. The fourth-order valence-electron chi connectivity index (χ4n) is 4.57. The lowest BCUT2D eigenvalue weighted by Gasteiger charge is -2.17. The summed E-state index contributed by atoms with van der Waals surface area (Å²) in [7, 11) is 2.22. The third-order valence-corrected chi connectivity index (χ3v) is 6.27. The lowest BCUT2D eigenvalue weighted by atomic mass is 10.0. The number of nitrogens with one attached hydrogen (secondary N) is 1. The smallest absolute Gasteiger partial charge is 0.137 e. The quantitative estimate of drug-likeness (QED) is 0.325. The van der Waals surface area contributed by atoms with E-state index in [0.717, 1.165) is 49.7 Å². The second-order valence-electron chi connectivity index (χ2n) is 9.25. The van der Waals surface area contributed by atoms with Gasteiger partial charge in [-0.05, 0) is 63.5 Å². The number of rotatable bonds is 10. The highest BCUT2D eigenvalue weighted by molar-refractivity contribution is 5.84. The third-order valence-electron chi connectivity index (χ3n) is 6.27. The zero-order valence-electron chi connectivity index (χ0n) is 20.0. The molecule has 2 aromatic carbocycles. The number of aromatic nitrogens is 2. The highest BCUT2D eigenvalue weighted by atomic mass is 15.1. The number of hydrogen-bond acceptors (Lipinski definition) is 4. The Labute approximate surface area is 193 Å². The fourth-order valence-corrected chi connectivity index (χ4v) is 4.57. The van der Waals surface area contributed by atoms with Crippen molar-refractivity contribution in [2.75, 3.05) is 32.0 Å². The molecule has 0 saturated carbocycles. The van der Waals surface area contributed by atoms with E-state index in [1.54, 1.807) is 0 Å². The van der Waals surface area contributed by atoms with Gasteiger partial charge in [0.05, 0.1) is 5.69 Å². The van der Waals surface area contributed by atoms with Gasteiger partial charge in [0.15, 0.2) is 0 Å². The summed E-state index contributed by atoms with van der Waals surface area (Å²) < 4.78 is 0. The summed E-state index contributed by atoms with van der Waals surface area (Å²) in [6.07, 6.45) is 5.27. The molecular weight excluding hydrogens is 392 g/mol. The summed E-state index contributed by atoms with van der Waals surface area (Å²) in [6.45, 7) is 9.74. The molecule has 4 heteroatoms. The van der Waals surface area contributed by atoms with E-state index >= 15 is 0 Å². The Balaban J connectivity index is 1.55. The van der Waals surface area contributed by atoms with Crippen molar-refractivity contribution in [2.24, 2.45) is 0 Å². The summed E-state index contributed by atoms with van der Waals surface area (Å²) >= 11 is 0. The maximum Gasteiger partial charge on any atom is 0.137 e. The third kappa shape index (κ3) is 5.36. The van der Waals surface area contributed by atoms with Gasteiger partial charge in [-0.2, -0.15) is 0 Å². The van der Waals surface area contributed by atoms with Crippen LogP contribution in [-0.4, -0.2) is 41.5 Å². The van der Waals surface area contributed by atoms with Gasteiger partial charge in [-0.15, -0.1) is 0 Å². The Kier molecular flexibility index (Phi) is 7.21. The predicted molar refractivity (Wildman–Crippen MR) is 135 cm³/mol. The van der Waals surface area contributed by atoms with Gasteiger partial charge in [-0.25, -0.2) is 9.97 Å². The predicted octanol–water partition coefficient (Wildman–Crippen LogP) is 5.79. The van der Waals surface area contributed by atoms with Crippen molar-refractivity contribution in [3.8, 4) is 11.1 Å². The Morgan fingerprint density at radius 3 is 2.59 bits per heavy atom. The van der Waals surface area contributed by atoms with E-state index in [1.807, 2.05) is 0 Å². The monoisotopic (exact) mass is 428 g/mol. The molecule has 0 bridgehead atoms. The molecule has 1 aliphatic rings. The highest BCUT2D eigenvalue weighted by Crippen LogP contribution is 2.40. The van der Waals surface area contributed by atoms with Gasteiger partial charge in [-0.1, -0.05) is 66.9 Å². The summed E-state index contributed by atoms with van der Waals surface area (Å²) in [4.78, 5) is 12.5. The van der Waals surface area contributed by atoms with Gasteiger partial charge in [-0.3, -0.25) is 0 Å². The minimum atomic E-state index is 0.763. The second-order valence-corrected chi connectivity index (χ2v) is 9.25. The van der Waals surface area contributed by atoms with Crippen LogP contribution < -0.4 is 5.32 Å². The molecule has 1 N–H and O–H groups in total. The Morgan fingerprint density at radius 2 is 1.78 bits per heavy atom. The summed E-state index contributed by atoms with van der Waals surface area (Å²) in [5, 5.41) is 3.67. The number of nitrogens with zero attached hydrogens (tertiary/aromatic N) is 3. The van der Waals surface area contributed by atoms with Crippen molar-refractivity contribution in [1.29, 1.82) is 0 Å². The van der Waals surface area contributed by atoms with Crippen molar-refractivity contribution in [1.82, 2.24) is 14.9 Å². The van der Waals surface area contributed by atoms with Crippen LogP contribution in [-0.2, 0) is 12.8 Å². The SMILES string of the molecule is CCCCN(C)CCCNc1nc(Cc2cccc(C)c2)nc2c1-c1ccc(C)cc1C2. The van der Waals surface area contributed by atoms with Gasteiger partial charge in [0.1, 0.15) is 11.6 Å². The Bertz CT molecular complexity index is 1070. The first-order valence-electron chi connectivity index (χ1n) is 12.0. The molecule has 1 aromatic heterocycles. The van der Waals surface area contributed by atoms with Crippen LogP contribution >= 0.6 is 0 Å². The van der Waals surface area contributed by atoms with Crippen LogP contribution in [0.5, 0.6) is 0 Å². The first-order chi connectivity index (χ1) is 15.5. The van der Waals surface area contributed by atoms with Gasteiger partial charge in [0.2, 0.25) is 0 Å². The molecule has 4 rings (SSSR count). The molecule has 0 saturated heterocycles. The molecule has 0 radical (unpaired) electrons. The van der Waals surface area contributed by atoms with Crippen LogP contribution in [0.15, 0.2) is 42.5 Å². The maximum absolute atomic E-state index is 5.02. The number of fused-ring (bicyclic) bond motifs is 3. The van der Waals surface area contributed by atoms with Gasteiger partial charge in [0.25, 0.3) is 0 Å². The molecule has 168 valence electrons. The summed E-state index contributed by atoms with van der Waals surface area (Å²) in [6, 6.07) is 15.4. The first-order valence-corrected chi connectivity index (χ1v) is 12.0. The number of hydrogen-bond donors (Lipinski definition) is 1. The zero-order chi connectivity index (χ0) is 22.5. The van der Waals surface area contributed by atoms with Crippen LogP contribution in [0.3, 0.4) is 0 Å². The van der Waals surface area contributed by atoms with Gasteiger partial charge < -0.3 is 10.2 Å². The molecule has 1 heterocycles. The van der Waals surface area contributed by atoms with Gasteiger partial charge in [0, 0.05) is 24.9 Å². The van der Waals surface area contributed by atoms with Crippen molar-refractivity contribution in [2.45, 2.75) is 52.9 Å². The molecule has 3 aromatic rings. The topological polar surface area (TPSA) is 41.0 Å². The minimum absolute atomic E-state index is 0.763. The molecule has 0 fully saturated rings. The Morgan fingerprint density at radius 1 is 0.969 bits per heavy atom. The van der Waals surface area contributed by atoms with Crippen LogP contribution in [0, 0.1) is 13.8 Å². The number of benzene rings is 2. The molecule has 0 aliphatic heterocycles. The van der Waals surface area contributed by atoms with E-state index in [1.165, 1.54) is 52.8 Å². The van der Waals surface area contributed by atoms with Crippen molar-refractivity contribution < 1.29 is 0 Å². The average molecular weight is 429 g/mol. The van der Waals surface area contributed by atoms with Crippen molar-refractivity contribution in [3.63, 3.8) is 0 Å². The zero-order valence-corrected chi connectivity index (χ0v) is 20.0. The van der Waals surface area contributed by atoms with Crippen molar-refractivity contribution >= 4 is 5.82 Å². The minimum Gasteiger partial charge on any atom is -0.369 e. The molecule has 0 spiro atoms. The van der Waals surface area contributed by atoms with E-state index in [4.69, 9.17) is 9.97 Å². The summed E-state index contributed by atoms with van der Waals surface area (Å²) in [5.41, 5.74) is 8.85. The standard InChI is InChI=1S/C28H36N4/c1-5-6-14-32(4)15-8-13-29-28-27-24-12-11-21(3)17-23(24)19-25(27)30-26(31-28)18-22-10-7-9-20(2)16-22/h7,9-12,16-17H,5-6,8,13-15,18-19H2,1-4H3,(H,29,30,31). The normalized spacial score (nSPS) is 12.2. The molecule has 0 atom stereocenters. The highest BCUT2D eigenvalue weighted by Gasteiger charge is 2.25. The Hall–Kier alpha value is -2.72. The number of aryl methyl sites for hydroxylation is 2. The van der Waals surface area contributed by atoms with Gasteiger partial charge >= 0.3 is 0 Å². The molecule has 0 amide bonds. The number of unbranched alkanes of at least 4 members (excludes halogenated alkanes) is 1. The van der Waals surface area contributed by atoms with Crippen LogP contribution in [0.2, 0.25) is 0 Å². The maximum atomic E-state index is 5.02. The fraction of sp³-hybridized carbons (Fsp3) is 0.429. The average Bonchev–Trinajstić information content (AvgIpc) is 3.12. The molecule has 32 heavy (non-hydrogen) atoms.